The molecule has 1 N–H and O–H groups in total. The molecule has 3 rings (SSSR count). The molecule has 6 heteroatoms. The minimum atomic E-state index is -1.000. The van der Waals surface area contributed by atoms with Crippen LogP contribution in [0.2, 0.25) is 5.02 Å². The first-order chi connectivity index (χ1) is 14.9. The van der Waals surface area contributed by atoms with Gasteiger partial charge in [0.25, 0.3) is 0 Å². The number of carbonyl (C=O) groups is 2. The molecule has 0 aromatic heterocycles. The summed E-state index contributed by atoms with van der Waals surface area (Å²) in [5, 5.41) is 3.47. The number of ether oxygens (including phenoxy) is 1. The van der Waals surface area contributed by atoms with Crippen LogP contribution >= 0.6 is 27.5 Å². The van der Waals surface area contributed by atoms with Gasteiger partial charge in [-0.3, -0.25) is 4.79 Å². The second-order valence-corrected chi connectivity index (χ2v) is 8.64. The fraction of sp³-hybridized carbons (Fsp3) is 0.200. The molecule has 3 aromatic carbocycles. The number of carbonyl (C=O) groups excluding carboxylic acids is 2. The highest BCUT2D eigenvalue weighted by Gasteiger charge is 2.39. The van der Waals surface area contributed by atoms with Crippen LogP contribution in [0.4, 0.5) is 0 Å². The summed E-state index contributed by atoms with van der Waals surface area (Å²) in [6, 6.07) is 23.5. The Morgan fingerprint density at radius 3 is 2.06 bits per heavy atom. The zero-order chi connectivity index (χ0) is 22.4. The lowest BCUT2D eigenvalue weighted by Crippen LogP contribution is -2.51. The average Bonchev–Trinajstić information content (AvgIpc) is 2.80. The Morgan fingerprint density at radius 2 is 1.55 bits per heavy atom. The van der Waals surface area contributed by atoms with Crippen LogP contribution in [0.25, 0.3) is 0 Å². The maximum absolute atomic E-state index is 13.7. The molecule has 160 valence electrons. The zero-order valence-electron chi connectivity index (χ0n) is 17.3. The van der Waals surface area contributed by atoms with Crippen LogP contribution in [0.3, 0.4) is 0 Å². The van der Waals surface area contributed by atoms with Crippen LogP contribution in [-0.2, 0) is 26.2 Å². The van der Waals surface area contributed by atoms with Crippen molar-refractivity contribution < 1.29 is 14.3 Å². The van der Waals surface area contributed by atoms with Crippen LogP contribution in [-0.4, -0.2) is 25.0 Å². The van der Waals surface area contributed by atoms with E-state index in [9.17, 15) is 9.59 Å². The molecule has 4 nitrogen and oxygen atoms in total. The van der Waals surface area contributed by atoms with Gasteiger partial charge in [0.15, 0.2) is 0 Å². The molecule has 0 bridgehead atoms. The smallest absolute Gasteiger partial charge is 0.328 e. The Bertz CT molecular complexity index is 1020. The molecule has 0 spiro atoms. The van der Waals surface area contributed by atoms with E-state index in [0.717, 1.165) is 21.2 Å². The lowest BCUT2D eigenvalue weighted by molar-refractivity contribution is -0.145. The van der Waals surface area contributed by atoms with E-state index < -0.39 is 17.4 Å². The number of nitrogens with one attached hydrogen (secondary N) is 1. The topological polar surface area (TPSA) is 55.4 Å². The van der Waals surface area contributed by atoms with Gasteiger partial charge < -0.3 is 10.1 Å². The highest BCUT2D eigenvalue weighted by atomic mass is 79.9. The van der Waals surface area contributed by atoms with Crippen LogP contribution in [0.5, 0.6) is 0 Å². The van der Waals surface area contributed by atoms with Gasteiger partial charge in [-0.25, -0.2) is 4.79 Å². The number of halogens is 2. The molecule has 0 radical (unpaired) electrons. The number of amides is 1. The third-order valence-corrected chi connectivity index (χ3v) is 6.39. The van der Waals surface area contributed by atoms with E-state index in [1.807, 2.05) is 73.7 Å². The van der Waals surface area contributed by atoms with Crippen molar-refractivity contribution in [1.29, 1.82) is 0 Å². The van der Waals surface area contributed by atoms with E-state index in [4.69, 9.17) is 16.3 Å². The number of hydrogen-bond acceptors (Lipinski definition) is 3. The van der Waals surface area contributed by atoms with Gasteiger partial charge in [-0.15, -0.1) is 0 Å². The molecule has 0 heterocycles. The third-order valence-electron chi connectivity index (χ3n) is 5.38. The molecule has 0 saturated carbocycles. The SMILES string of the molecule is COC(=O)[C@@H](Cc1cc(Cl)ccc1Br)NC(=O)C(C)(c1ccccc1)c1ccccc1. The minimum absolute atomic E-state index is 0.235. The molecule has 0 aliphatic carbocycles. The first-order valence-corrected chi connectivity index (χ1v) is 11.0. The summed E-state index contributed by atoms with van der Waals surface area (Å²) in [7, 11) is 1.31. The Hall–Kier alpha value is -2.63. The fourth-order valence-electron chi connectivity index (χ4n) is 3.53. The summed E-state index contributed by atoms with van der Waals surface area (Å²) in [6.45, 7) is 1.86. The summed E-state index contributed by atoms with van der Waals surface area (Å²) >= 11 is 9.61. The Kier molecular flexibility index (Phi) is 7.52. The van der Waals surface area contributed by atoms with Gasteiger partial charge in [-0.05, 0) is 41.8 Å². The van der Waals surface area contributed by atoms with Crippen LogP contribution in [0, 0.1) is 0 Å². The number of esters is 1. The monoisotopic (exact) mass is 499 g/mol. The first kappa shape index (κ1) is 23.0. The molecule has 0 aliphatic rings. The van der Waals surface area contributed by atoms with Crippen LogP contribution in [0.1, 0.15) is 23.6 Å². The van der Waals surface area contributed by atoms with Gasteiger partial charge in [0.05, 0.1) is 12.5 Å². The van der Waals surface area contributed by atoms with E-state index >= 15 is 0 Å². The van der Waals surface area contributed by atoms with Gasteiger partial charge in [-0.1, -0.05) is 88.2 Å². The largest absolute Gasteiger partial charge is 0.467 e. The first-order valence-electron chi connectivity index (χ1n) is 9.80. The third kappa shape index (κ3) is 5.17. The molecule has 1 atom stereocenters. The molecular formula is C25H23BrClNO3. The van der Waals surface area contributed by atoms with Crippen molar-refractivity contribution in [3.8, 4) is 0 Å². The predicted octanol–water partition coefficient (Wildman–Crippen LogP) is 5.31. The van der Waals surface area contributed by atoms with Crippen molar-refractivity contribution in [2.45, 2.75) is 24.8 Å². The minimum Gasteiger partial charge on any atom is -0.467 e. The molecule has 0 unspecified atom stereocenters. The molecule has 31 heavy (non-hydrogen) atoms. The molecule has 0 fully saturated rings. The number of methoxy groups -OCH3 is 1. The summed E-state index contributed by atoms with van der Waals surface area (Å²) in [4.78, 5) is 26.2. The highest BCUT2D eigenvalue weighted by molar-refractivity contribution is 9.10. The number of rotatable bonds is 7. The van der Waals surface area contributed by atoms with Crippen molar-refractivity contribution in [3.63, 3.8) is 0 Å². The van der Waals surface area contributed by atoms with Gasteiger partial charge in [0.1, 0.15) is 6.04 Å². The molecule has 1 amide bonds. The average molecular weight is 501 g/mol. The molecule has 0 aliphatic heterocycles. The van der Waals surface area contributed by atoms with Gasteiger partial charge in [-0.2, -0.15) is 0 Å². The molecule has 3 aromatic rings. The van der Waals surface area contributed by atoms with Gasteiger partial charge in [0, 0.05) is 15.9 Å². The lowest BCUT2D eigenvalue weighted by Gasteiger charge is -2.31. The van der Waals surface area contributed by atoms with Crippen molar-refractivity contribution >= 4 is 39.4 Å². The number of benzene rings is 3. The molecule has 0 saturated heterocycles. The number of hydrogen-bond donors (Lipinski definition) is 1. The molecular weight excluding hydrogens is 478 g/mol. The standard InChI is InChI=1S/C25H23BrClNO3/c1-25(18-9-5-3-6-10-18,19-11-7-4-8-12-19)24(30)28-22(23(29)31-2)16-17-15-20(27)13-14-21(17)26/h3-15,22H,16H2,1-2H3,(H,28,30)/t22-/m1/s1. The van der Waals surface area contributed by atoms with Crippen molar-refractivity contribution in [2.75, 3.05) is 7.11 Å². The summed E-state index contributed by atoms with van der Waals surface area (Å²) in [5.41, 5.74) is 1.45. The normalized spacial score (nSPS) is 12.1. The Balaban J connectivity index is 1.98. The summed E-state index contributed by atoms with van der Waals surface area (Å²) < 4.78 is 5.78. The predicted molar refractivity (Wildman–Crippen MR) is 126 cm³/mol. The Morgan fingerprint density at radius 1 is 1.00 bits per heavy atom. The summed E-state index contributed by atoms with van der Waals surface area (Å²) in [6.07, 6.45) is 0.235. The maximum atomic E-state index is 13.7. The van der Waals surface area contributed by atoms with Gasteiger partial charge >= 0.3 is 5.97 Å². The zero-order valence-corrected chi connectivity index (χ0v) is 19.6. The van der Waals surface area contributed by atoms with E-state index in [0.29, 0.717) is 5.02 Å². The van der Waals surface area contributed by atoms with Crippen molar-refractivity contribution in [2.24, 2.45) is 0 Å². The van der Waals surface area contributed by atoms with Crippen molar-refractivity contribution in [3.05, 3.63) is 105 Å². The Labute approximate surface area is 195 Å². The van der Waals surface area contributed by atoms with Crippen LogP contribution in [0.15, 0.2) is 83.3 Å². The second-order valence-electron chi connectivity index (χ2n) is 7.35. The highest BCUT2D eigenvalue weighted by Crippen LogP contribution is 2.32. The van der Waals surface area contributed by atoms with E-state index in [1.165, 1.54) is 7.11 Å². The van der Waals surface area contributed by atoms with Gasteiger partial charge in [0.2, 0.25) is 5.91 Å². The lowest BCUT2D eigenvalue weighted by atomic mass is 9.75. The quantitative estimate of drug-likeness (QED) is 0.447. The summed E-state index contributed by atoms with van der Waals surface area (Å²) in [5.74, 6) is -0.817. The van der Waals surface area contributed by atoms with E-state index in [-0.39, 0.29) is 12.3 Å². The van der Waals surface area contributed by atoms with Crippen LogP contribution < -0.4 is 5.32 Å². The fourth-order valence-corrected chi connectivity index (χ4v) is 4.13. The van der Waals surface area contributed by atoms with Crippen molar-refractivity contribution in [1.82, 2.24) is 5.32 Å². The maximum Gasteiger partial charge on any atom is 0.328 e. The second kappa shape index (κ2) is 10.1. The van der Waals surface area contributed by atoms with E-state index in [2.05, 4.69) is 21.2 Å². The van der Waals surface area contributed by atoms with E-state index in [1.54, 1.807) is 12.1 Å².